The van der Waals surface area contributed by atoms with Crippen molar-refractivity contribution in [2.24, 2.45) is 0 Å². The molecule has 2 heterocycles. The summed E-state index contributed by atoms with van der Waals surface area (Å²) in [6.45, 7) is 2.14. The van der Waals surface area contributed by atoms with Gasteiger partial charge in [-0.2, -0.15) is 0 Å². The summed E-state index contributed by atoms with van der Waals surface area (Å²) in [4.78, 5) is 5.68. The van der Waals surface area contributed by atoms with Crippen molar-refractivity contribution in [2.45, 2.75) is 25.8 Å². The summed E-state index contributed by atoms with van der Waals surface area (Å²) in [6, 6.07) is 6.42. The fourth-order valence-electron chi connectivity index (χ4n) is 1.87. The molecule has 1 atom stereocenters. The lowest BCUT2D eigenvalue weighted by Gasteiger charge is -2.15. The highest BCUT2D eigenvalue weighted by Gasteiger charge is 2.15. The van der Waals surface area contributed by atoms with Gasteiger partial charge in [0.2, 0.25) is 0 Å². The predicted molar refractivity (Wildman–Crippen MR) is 78.4 cm³/mol. The number of aryl methyl sites for hydroxylation is 1. The Bertz CT molecular complexity index is 493. The monoisotopic (exact) mass is 280 g/mol. The fourth-order valence-corrected chi connectivity index (χ4v) is 3.17. The Morgan fingerprint density at radius 2 is 2.22 bits per heavy atom. The molecule has 2 aromatic heterocycles. The van der Waals surface area contributed by atoms with E-state index in [0.717, 1.165) is 23.6 Å². The number of halogens is 1. The van der Waals surface area contributed by atoms with Crippen LogP contribution in [0.4, 0.5) is 0 Å². The van der Waals surface area contributed by atoms with E-state index in [1.807, 2.05) is 24.7 Å². The van der Waals surface area contributed by atoms with E-state index in [0.29, 0.717) is 0 Å². The van der Waals surface area contributed by atoms with Crippen LogP contribution in [0.3, 0.4) is 0 Å². The number of aromatic nitrogens is 1. The van der Waals surface area contributed by atoms with Crippen molar-refractivity contribution in [1.29, 1.82) is 0 Å². The maximum atomic E-state index is 6.18. The molecule has 2 aromatic rings. The van der Waals surface area contributed by atoms with E-state index in [1.165, 1.54) is 10.4 Å². The minimum Gasteiger partial charge on any atom is -0.312 e. The van der Waals surface area contributed by atoms with Crippen LogP contribution in [0.2, 0.25) is 5.02 Å². The first-order chi connectivity index (χ1) is 8.74. The third-order valence-corrected chi connectivity index (χ3v) is 4.49. The van der Waals surface area contributed by atoms with Crippen molar-refractivity contribution in [3.05, 3.63) is 50.9 Å². The molecule has 0 fully saturated rings. The van der Waals surface area contributed by atoms with Crippen molar-refractivity contribution in [3.8, 4) is 0 Å². The van der Waals surface area contributed by atoms with Gasteiger partial charge in [-0.15, -0.1) is 11.3 Å². The molecule has 0 aliphatic rings. The van der Waals surface area contributed by atoms with Gasteiger partial charge in [0.15, 0.2) is 0 Å². The minimum atomic E-state index is 0.234. The van der Waals surface area contributed by atoms with Gasteiger partial charge in [-0.3, -0.25) is 4.98 Å². The predicted octanol–water partition coefficient (Wildman–Crippen LogP) is 3.86. The number of thiophene rings is 1. The Labute approximate surface area is 117 Å². The molecule has 1 unspecified atom stereocenters. The lowest BCUT2D eigenvalue weighted by atomic mass is 10.1. The highest BCUT2D eigenvalue weighted by molar-refractivity contribution is 7.10. The maximum Gasteiger partial charge on any atom is 0.0561 e. The summed E-state index contributed by atoms with van der Waals surface area (Å²) in [5.41, 5.74) is 2.37. The quantitative estimate of drug-likeness (QED) is 0.899. The summed E-state index contributed by atoms with van der Waals surface area (Å²) in [7, 11) is 1.96. The van der Waals surface area contributed by atoms with Crippen LogP contribution in [0.25, 0.3) is 0 Å². The summed E-state index contributed by atoms with van der Waals surface area (Å²) < 4.78 is 0. The number of hydrogen-bond acceptors (Lipinski definition) is 3. The minimum absolute atomic E-state index is 0.234. The smallest absolute Gasteiger partial charge is 0.0561 e. The molecule has 0 spiro atoms. The lowest BCUT2D eigenvalue weighted by molar-refractivity contribution is 0.594. The second kappa shape index (κ2) is 6.32. The van der Waals surface area contributed by atoms with Gasteiger partial charge in [0, 0.05) is 29.2 Å². The second-order valence-corrected chi connectivity index (χ2v) is 5.54. The van der Waals surface area contributed by atoms with E-state index >= 15 is 0 Å². The average molecular weight is 281 g/mol. The number of hydrogen-bond donors (Lipinski definition) is 1. The molecule has 2 nitrogen and oxygen atoms in total. The normalized spacial score (nSPS) is 12.6. The fraction of sp³-hybridized carbons (Fsp3) is 0.357. The lowest BCUT2D eigenvalue weighted by Crippen LogP contribution is -2.18. The highest BCUT2D eigenvalue weighted by Crippen LogP contribution is 2.30. The number of likely N-dealkylation sites (N-methyl/N-ethyl adjacent to an activating group) is 1. The molecule has 0 amide bonds. The topological polar surface area (TPSA) is 24.9 Å². The van der Waals surface area contributed by atoms with Gasteiger partial charge in [0.05, 0.1) is 5.02 Å². The van der Waals surface area contributed by atoms with Crippen LogP contribution in [0.5, 0.6) is 0 Å². The van der Waals surface area contributed by atoms with E-state index < -0.39 is 0 Å². The van der Waals surface area contributed by atoms with E-state index in [2.05, 4.69) is 29.4 Å². The first-order valence-electron chi connectivity index (χ1n) is 6.08. The van der Waals surface area contributed by atoms with Gasteiger partial charge in [-0.05, 0) is 36.5 Å². The Kier molecular flexibility index (Phi) is 4.75. The van der Waals surface area contributed by atoms with Gasteiger partial charge < -0.3 is 5.32 Å². The van der Waals surface area contributed by atoms with Crippen LogP contribution < -0.4 is 5.32 Å². The van der Waals surface area contributed by atoms with E-state index in [9.17, 15) is 0 Å². The third-order valence-electron chi connectivity index (χ3n) is 3.02. The molecule has 0 aliphatic carbocycles. The summed E-state index contributed by atoms with van der Waals surface area (Å²) >= 11 is 7.86. The summed E-state index contributed by atoms with van der Waals surface area (Å²) in [5.74, 6) is 0. The third kappa shape index (κ3) is 3.10. The number of nitrogens with one attached hydrogen (secondary N) is 1. The van der Waals surface area contributed by atoms with Crippen molar-refractivity contribution in [1.82, 2.24) is 10.3 Å². The van der Waals surface area contributed by atoms with Crippen LogP contribution in [0, 0.1) is 0 Å². The molecule has 96 valence electrons. The zero-order chi connectivity index (χ0) is 13.0. The largest absolute Gasteiger partial charge is 0.312 e. The first kappa shape index (κ1) is 13.5. The standard InChI is InChI=1S/C14H17ClN2S/c1-3-10-4-5-11(17-9-10)8-13(16-2)14-12(15)6-7-18-14/h4-7,9,13,16H,3,8H2,1-2H3. The van der Waals surface area contributed by atoms with E-state index in [-0.39, 0.29) is 6.04 Å². The first-order valence-corrected chi connectivity index (χ1v) is 7.34. The molecule has 0 saturated carbocycles. The van der Waals surface area contributed by atoms with E-state index in [1.54, 1.807) is 11.3 Å². The van der Waals surface area contributed by atoms with Gasteiger partial charge in [-0.1, -0.05) is 24.6 Å². The molecule has 2 rings (SSSR count). The molecule has 4 heteroatoms. The molecule has 1 N–H and O–H groups in total. The molecular formula is C14H17ClN2S. The van der Waals surface area contributed by atoms with Gasteiger partial charge in [0.1, 0.15) is 0 Å². The summed E-state index contributed by atoms with van der Waals surface area (Å²) in [5, 5.41) is 6.17. The Morgan fingerprint density at radius 3 is 2.72 bits per heavy atom. The molecule has 0 bridgehead atoms. The Balaban J connectivity index is 2.13. The zero-order valence-corrected chi connectivity index (χ0v) is 12.2. The number of pyridine rings is 1. The maximum absolute atomic E-state index is 6.18. The van der Waals surface area contributed by atoms with Crippen LogP contribution in [-0.4, -0.2) is 12.0 Å². The molecule has 0 saturated heterocycles. The molecule has 0 aromatic carbocycles. The SMILES string of the molecule is CCc1ccc(CC(NC)c2sccc2Cl)nc1. The van der Waals surface area contributed by atoms with Gasteiger partial charge in [0.25, 0.3) is 0 Å². The van der Waals surface area contributed by atoms with Crippen molar-refractivity contribution < 1.29 is 0 Å². The van der Waals surface area contributed by atoms with Crippen LogP contribution in [0.1, 0.15) is 29.1 Å². The molecule has 0 aliphatic heterocycles. The van der Waals surface area contributed by atoms with Crippen molar-refractivity contribution in [2.75, 3.05) is 7.05 Å². The Hall–Kier alpha value is -0.900. The zero-order valence-electron chi connectivity index (χ0n) is 10.6. The van der Waals surface area contributed by atoms with Crippen LogP contribution >= 0.6 is 22.9 Å². The number of rotatable bonds is 5. The van der Waals surface area contributed by atoms with Gasteiger partial charge in [-0.25, -0.2) is 0 Å². The van der Waals surface area contributed by atoms with Crippen molar-refractivity contribution in [3.63, 3.8) is 0 Å². The molecule has 0 radical (unpaired) electrons. The van der Waals surface area contributed by atoms with Crippen LogP contribution in [0.15, 0.2) is 29.8 Å². The van der Waals surface area contributed by atoms with Crippen molar-refractivity contribution >= 4 is 22.9 Å². The summed E-state index contributed by atoms with van der Waals surface area (Å²) in [6.07, 6.45) is 3.85. The van der Waals surface area contributed by atoms with Gasteiger partial charge >= 0.3 is 0 Å². The average Bonchev–Trinajstić information content (AvgIpc) is 2.83. The molecular weight excluding hydrogens is 264 g/mol. The molecule has 18 heavy (non-hydrogen) atoms. The van der Waals surface area contributed by atoms with E-state index in [4.69, 9.17) is 11.6 Å². The van der Waals surface area contributed by atoms with Crippen LogP contribution in [-0.2, 0) is 12.8 Å². The Morgan fingerprint density at radius 1 is 1.39 bits per heavy atom. The number of nitrogens with zero attached hydrogens (tertiary/aromatic N) is 1. The highest BCUT2D eigenvalue weighted by atomic mass is 35.5. The second-order valence-electron chi connectivity index (χ2n) is 4.19.